The highest BCUT2D eigenvalue weighted by Crippen LogP contribution is 2.17. The molecule has 0 saturated heterocycles. The molecule has 1 aromatic carbocycles. The van der Waals surface area contributed by atoms with Gasteiger partial charge >= 0.3 is 0 Å². The second-order valence-corrected chi connectivity index (χ2v) is 5.85. The van der Waals surface area contributed by atoms with E-state index >= 15 is 0 Å². The van der Waals surface area contributed by atoms with Gasteiger partial charge < -0.3 is 14.6 Å². The van der Waals surface area contributed by atoms with Crippen molar-refractivity contribution in [3.8, 4) is 0 Å². The van der Waals surface area contributed by atoms with E-state index in [1.54, 1.807) is 12.1 Å². The van der Waals surface area contributed by atoms with E-state index in [0.717, 1.165) is 30.2 Å². The molecular formula is C19H23N3O2S. The van der Waals surface area contributed by atoms with Crippen LogP contribution in [0.25, 0.3) is 6.08 Å². The van der Waals surface area contributed by atoms with E-state index in [9.17, 15) is 4.79 Å². The fraction of sp³-hybridized carbons (Fsp3) is 0.263. The summed E-state index contributed by atoms with van der Waals surface area (Å²) in [5.74, 6) is 1.11. The molecule has 0 fully saturated rings. The Kier molecular flexibility index (Phi) is 6.77. The lowest BCUT2D eigenvalue weighted by atomic mass is 10.2. The summed E-state index contributed by atoms with van der Waals surface area (Å²) in [7, 11) is 0. The molecule has 2 rings (SSSR count). The number of carbonyl (C=O) groups is 1. The average molecular weight is 357 g/mol. The number of thiocarbonyl (C=S) groups is 1. The van der Waals surface area contributed by atoms with Crippen LogP contribution < -0.4 is 15.5 Å². The van der Waals surface area contributed by atoms with Crippen molar-refractivity contribution in [2.75, 3.05) is 23.3 Å². The van der Waals surface area contributed by atoms with Gasteiger partial charge in [0.25, 0.3) is 0 Å². The summed E-state index contributed by atoms with van der Waals surface area (Å²) in [5, 5.41) is 5.86. The Morgan fingerprint density at radius 1 is 1.16 bits per heavy atom. The molecule has 0 spiro atoms. The van der Waals surface area contributed by atoms with Gasteiger partial charge in [-0.2, -0.15) is 0 Å². The van der Waals surface area contributed by atoms with Crippen LogP contribution in [0.1, 0.15) is 25.4 Å². The van der Waals surface area contributed by atoms with Crippen LogP contribution in [-0.2, 0) is 4.79 Å². The standard InChI is InChI=1S/C19H23N3O2S/c1-4-22(5-2)16-9-7-15(8-10-16)20-19(25)21-18(23)13-12-17-11-6-14(3)24-17/h6-13H,4-5H2,1-3H3,(H2,20,21,23,25). The molecule has 2 aromatic rings. The molecule has 1 aromatic heterocycles. The molecule has 25 heavy (non-hydrogen) atoms. The topological polar surface area (TPSA) is 57.5 Å². The number of benzene rings is 1. The van der Waals surface area contributed by atoms with Gasteiger partial charge in [-0.05, 0) is 75.5 Å². The number of nitrogens with one attached hydrogen (secondary N) is 2. The van der Waals surface area contributed by atoms with E-state index in [4.69, 9.17) is 16.6 Å². The maximum Gasteiger partial charge on any atom is 0.250 e. The molecule has 132 valence electrons. The van der Waals surface area contributed by atoms with E-state index in [1.165, 1.54) is 6.08 Å². The molecule has 1 heterocycles. The summed E-state index contributed by atoms with van der Waals surface area (Å²) >= 11 is 5.17. The van der Waals surface area contributed by atoms with E-state index in [0.29, 0.717) is 5.76 Å². The molecule has 1 amide bonds. The van der Waals surface area contributed by atoms with Crippen LogP contribution in [0, 0.1) is 6.92 Å². The van der Waals surface area contributed by atoms with E-state index in [-0.39, 0.29) is 11.0 Å². The van der Waals surface area contributed by atoms with Crippen LogP contribution in [0.4, 0.5) is 11.4 Å². The van der Waals surface area contributed by atoms with Crippen LogP contribution in [-0.4, -0.2) is 24.1 Å². The Bertz CT molecular complexity index is 746. The van der Waals surface area contributed by atoms with Crippen LogP contribution in [0.15, 0.2) is 46.9 Å². The zero-order valence-electron chi connectivity index (χ0n) is 14.7. The number of anilines is 2. The molecule has 0 aliphatic heterocycles. The minimum atomic E-state index is -0.314. The van der Waals surface area contributed by atoms with Gasteiger partial charge in [0.2, 0.25) is 5.91 Å². The molecule has 0 radical (unpaired) electrons. The maximum atomic E-state index is 11.9. The Hall–Kier alpha value is -2.60. The van der Waals surface area contributed by atoms with Gasteiger partial charge in [0.15, 0.2) is 5.11 Å². The highest BCUT2D eigenvalue weighted by Gasteiger charge is 2.04. The smallest absolute Gasteiger partial charge is 0.250 e. The summed E-state index contributed by atoms with van der Waals surface area (Å²) in [5.41, 5.74) is 1.98. The number of nitrogens with zero attached hydrogens (tertiary/aromatic N) is 1. The van der Waals surface area contributed by atoms with Crippen molar-refractivity contribution < 1.29 is 9.21 Å². The van der Waals surface area contributed by atoms with E-state index in [1.807, 2.05) is 37.3 Å². The van der Waals surface area contributed by atoms with Gasteiger partial charge in [0.1, 0.15) is 11.5 Å². The molecule has 6 heteroatoms. The third-order valence-electron chi connectivity index (χ3n) is 3.65. The summed E-state index contributed by atoms with van der Waals surface area (Å²) < 4.78 is 5.36. The number of amides is 1. The zero-order chi connectivity index (χ0) is 18.2. The summed E-state index contributed by atoms with van der Waals surface area (Å²) in [6, 6.07) is 11.6. The van der Waals surface area contributed by atoms with Crippen molar-refractivity contribution in [1.82, 2.24) is 5.32 Å². The Morgan fingerprint density at radius 3 is 2.40 bits per heavy atom. The molecule has 0 aliphatic rings. The molecule has 5 nitrogen and oxygen atoms in total. The summed E-state index contributed by atoms with van der Waals surface area (Å²) in [6.45, 7) is 8.01. The lowest BCUT2D eigenvalue weighted by molar-refractivity contribution is -0.115. The Labute approximate surface area is 153 Å². The van der Waals surface area contributed by atoms with E-state index in [2.05, 4.69) is 29.4 Å². The lowest BCUT2D eigenvalue weighted by Gasteiger charge is -2.21. The van der Waals surface area contributed by atoms with Gasteiger partial charge in [0, 0.05) is 30.5 Å². The highest BCUT2D eigenvalue weighted by atomic mass is 32.1. The van der Waals surface area contributed by atoms with Crippen LogP contribution in [0.5, 0.6) is 0 Å². The van der Waals surface area contributed by atoms with Gasteiger partial charge in [0.05, 0.1) is 0 Å². The molecule has 0 unspecified atom stereocenters. The predicted octanol–water partition coefficient (Wildman–Crippen LogP) is 3.96. The molecule has 0 atom stereocenters. The van der Waals surface area contributed by atoms with Crippen molar-refractivity contribution in [3.05, 3.63) is 54.0 Å². The number of hydrogen-bond acceptors (Lipinski definition) is 4. The molecule has 0 aliphatic carbocycles. The highest BCUT2D eigenvalue weighted by molar-refractivity contribution is 7.80. The first-order valence-corrected chi connectivity index (χ1v) is 8.64. The fourth-order valence-electron chi connectivity index (χ4n) is 2.36. The van der Waals surface area contributed by atoms with Crippen molar-refractivity contribution in [3.63, 3.8) is 0 Å². The van der Waals surface area contributed by atoms with Crippen LogP contribution in [0.3, 0.4) is 0 Å². The van der Waals surface area contributed by atoms with E-state index < -0.39 is 0 Å². The Morgan fingerprint density at radius 2 is 1.84 bits per heavy atom. The molecule has 0 saturated carbocycles. The summed E-state index contributed by atoms with van der Waals surface area (Å²) in [6.07, 6.45) is 2.99. The molecule has 2 N–H and O–H groups in total. The van der Waals surface area contributed by atoms with Crippen molar-refractivity contribution >= 4 is 40.7 Å². The lowest BCUT2D eigenvalue weighted by Crippen LogP contribution is -2.32. The van der Waals surface area contributed by atoms with Crippen LogP contribution in [0.2, 0.25) is 0 Å². The average Bonchev–Trinajstić information content (AvgIpc) is 3.01. The number of furan rings is 1. The predicted molar refractivity (Wildman–Crippen MR) is 107 cm³/mol. The van der Waals surface area contributed by atoms with Crippen LogP contribution >= 0.6 is 12.2 Å². The summed E-state index contributed by atoms with van der Waals surface area (Å²) in [4.78, 5) is 14.1. The molecular weight excluding hydrogens is 334 g/mol. The van der Waals surface area contributed by atoms with Gasteiger partial charge in [-0.15, -0.1) is 0 Å². The number of rotatable bonds is 6. The van der Waals surface area contributed by atoms with Crippen molar-refractivity contribution in [2.45, 2.75) is 20.8 Å². The van der Waals surface area contributed by atoms with Crippen molar-refractivity contribution in [2.24, 2.45) is 0 Å². The largest absolute Gasteiger partial charge is 0.462 e. The zero-order valence-corrected chi connectivity index (χ0v) is 15.5. The van der Waals surface area contributed by atoms with Gasteiger partial charge in [-0.1, -0.05) is 0 Å². The first kappa shape index (κ1) is 18.7. The fourth-order valence-corrected chi connectivity index (χ4v) is 2.58. The van der Waals surface area contributed by atoms with Gasteiger partial charge in [-0.25, -0.2) is 0 Å². The number of aryl methyl sites for hydroxylation is 1. The number of carbonyl (C=O) groups excluding carboxylic acids is 1. The minimum absolute atomic E-state index is 0.251. The first-order valence-electron chi connectivity index (χ1n) is 8.23. The third kappa shape index (κ3) is 5.76. The first-order chi connectivity index (χ1) is 12.0. The van der Waals surface area contributed by atoms with Gasteiger partial charge in [-0.3, -0.25) is 10.1 Å². The quantitative estimate of drug-likeness (QED) is 0.605. The Balaban J connectivity index is 1.87. The SMILES string of the molecule is CCN(CC)c1ccc(NC(=S)NC(=O)C=Cc2ccc(C)o2)cc1. The molecule has 0 bridgehead atoms. The maximum absolute atomic E-state index is 11.9. The monoisotopic (exact) mass is 357 g/mol. The normalized spacial score (nSPS) is 10.7. The minimum Gasteiger partial charge on any atom is -0.462 e. The second-order valence-electron chi connectivity index (χ2n) is 5.44. The second kappa shape index (κ2) is 9.03. The third-order valence-corrected chi connectivity index (χ3v) is 3.85. The number of hydrogen-bond donors (Lipinski definition) is 2. The van der Waals surface area contributed by atoms with Crippen molar-refractivity contribution in [1.29, 1.82) is 0 Å².